The Balaban J connectivity index is 2.08. The second kappa shape index (κ2) is 1.41. The zero-order valence-electron chi connectivity index (χ0n) is 7.13. The molecule has 0 radical (unpaired) electrons. The monoisotopic (exact) mass is 150 g/mol. The van der Waals surface area contributed by atoms with Crippen molar-refractivity contribution in [2.45, 2.75) is 26.7 Å². The van der Waals surface area contributed by atoms with Crippen LogP contribution in [0.15, 0.2) is 0 Å². The van der Waals surface area contributed by atoms with Gasteiger partial charge < -0.3 is 0 Å². The van der Waals surface area contributed by atoms with Crippen molar-refractivity contribution in [3.8, 4) is 0 Å². The van der Waals surface area contributed by atoms with Gasteiger partial charge in [0.25, 0.3) is 0 Å². The molecule has 3 aliphatic rings. The molecule has 11 heavy (non-hydrogen) atoms. The van der Waals surface area contributed by atoms with Gasteiger partial charge in [-0.05, 0) is 30.6 Å². The molecular weight excluding hydrogens is 136 g/mol. The van der Waals surface area contributed by atoms with Crippen molar-refractivity contribution in [1.29, 1.82) is 0 Å². The third-order valence-electron chi connectivity index (χ3n) is 4.37. The molecule has 0 bridgehead atoms. The van der Waals surface area contributed by atoms with Crippen LogP contribution in [0.5, 0.6) is 0 Å². The predicted octanol–water partition coefficient (Wildman–Crippen LogP) is 1.87. The lowest BCUT2D eigenvalue weighted by Crippen LogP contribution is -2.27. The first-order chi connectivity index (χ1) is 5.14. The molecule has 0 amide bonds. The molecule has 0 aromatic carbocycles. The van der Waals surface area contributed by atoms with E-state index >= 15 is 0 Å². The van der Waals surface area contributed by atoms with Gasteiger partial charge in [0, 0.05) is 11.3 Å². The van der Waals surface area contributed by atoms with Crippen molar-refractivity contribution >= 4 is 5.78 Å². The highest BCUT2D eigenvalue weighted by atomic mass is 16.1. The summed E-state index contributed by atoms with van der Waals surface area (Å²) in [6.07, 6.45) is 2.67. The van der Waals surface area contributed by atoms with Gasteiger partial charge in [-0.15, -0.1) is 0 Å². The van der Waals surface area contributed by atoms with Crippen molar-refractivity contribution in [2.24, 2.45) is 29.1 Å². The molecule has 0 spiro atoms. The van der Waals surface area contributed by atoms with E-state index in [-0.39, 0.29) is 5.41 Å². The summed E-state index contributed by atoms with van der Waals surface area (Å²) in [6, 6.07) is 0. The van der Waals surface area contributed by atoms with E-state index in [1.165, 1.54) is 12.8 Å². The standard InChI is InChI=1S/C10H14O/c1-10(2)6-4-3-5-7(6)8(5)9(10)11/h5-8H,3-4H2,1-2H3/t5?,6-,7+,8?/m0/s1. The first-order valence-corrected chi connectivity index (χ1v) is 4.68. The van der Waals surface area contributed by atoms with Crippen LogP contribution in [-0.4, -0.2) is 5.78 Å². The predicted molar refractivity (Wildman–Crippen MR) is 42.0 cm³/mol. The fourth-order valence-electron chi connectivity index (χ4n) is 3.71. The number of Topliss-reactive ketones (excluding diaryl/α,β-unsaturated/α-hetero) is 1. The van der Waals surface area contributed by atoms with Gasteiger partial charge in [0.15, 0.2) is 0 Å². The number of fused-ring (bicyclic) bond motifs is 1. The van der Waals surface area contributed by atoms with Crippen LogP contribution in [-0.2, 0) is 4.79 Å². The molecule has 3 rings (SSSR count). The van der Waals surface area contributed by atoms with Crippen LogP contribution in [0.4, 0.5) is 0 Å². The van der Waals surface area contributed by atoms with Gasteiger partial charge in [0.05, 0.1) is 0 Å². The molecule has 2 unspecified atom stereocenters. The third-order valence-corrected chi connectivity index (χ3v) is 4.37. The molecule has 0 aromatic heterocycles. The zero-order chi connectivity index (χ0) is 7.80. The van der Waals surface area contributed by atoms with Gasteiger partial charge in [-0.3, -0.25) is 4.79 Å². The summed E-state index contributed by atoms with van der Waals surface area (Å²) in [6.45, 7) is 4.29. The van der Waals surface area contributed by atoms with Gasteiger partial charge in [0.1, 0.15) is 5.78 Å². The quantitative estimate of drug-likeness (QED) is 0.515. The number of carbonyl (C=O) groups is 1. The van der Waals surface area contributed by atoms with Crippen LogP contribution >= 0.6 is 0 Å². The van der Waals surface area contributed by atoms with Crippen LogP contribution in [0.25, 0.3) is 0 Å². The maximum Gasteiger partial charge on any atom is 0.142 e. The van der Waals surface area contributed by atoms with Crippen molar-refractivity contribution in [3.63, 3.8) is 0 Å². The molecule has 3 fully saturated rings. The maximum absolute atomic E-state index is 11.7. The molecule has 1 nitrogen and oxygen atoms in total. The molecule has 0 saturated heterocycles. The number of hydrogen-bond donors (Lipinski definition) is 0. The number of rotatable bonds is 0. The number of hydrogen-bond acceptors (Lipinski definition) is 1. The van der Waals surface area contributed by atoms with Crippen molar-refractivity contribution in [3.05, 3.63) is 0 Å². The minimum Gasteiger partial charge on any atom is -0.299 e. The Morgan fingerprint density at radius 1 is 1.36 bits per heavy atom. The van der Waals surface area contributed by atoms with E-state index in [4.69, 9.17) is 0 Å². The minimum absolute atomic E-state index is 0.0440. The molecular formula is C10H14O. The second-order valence-electron chi connectivity index (χ2n) is 5.04. The van der Waals surface area contributed by atoms with Crippen LogP contribution in [0, 0.1) is 29.1 Å². The summed E-state index contributed by atoms with van der Waals surface area (Å²) >= 11 is 0. The smallest absolute Gasteiger partial charge is 0.142 e. The Kier molecular flexibility index (Phi) is 0.799. The largest absolute Gasteiger partial charge is 0.299 e. The van der Waals surface area contributed by atoms with E-state index in [1.807, 2.05) is 0 Å². The molecule has 0 heterocycles. The second-order valence-corrected chi connectivity index (χ2v) is 5.04. The fraction of sp³-hybridized carbons (Fsp3) is 0.900. The highest BCUT2D eigenvalue weighted by Crippen LogP contribution is 2.72. The average Bonchev–Trinajstić information content (AvgIpc) is 2.42. The minimum atomic E-state index is 0.0440. The topological polar surface area (TPSA) is 17.1 Å². The van der Waals surface area contributed by atoms with Crippen LogP contribution in [0.1, 0.15) is 26.7 Å². The molecule has 3 saturated carbocycles. The molecule has 1 heteroatoms. The van der Waals surface area contributed by atoms with Crippen molar-refractivity contribution in [1.82, 2.24) is 0 Å². The van der Waals surface area contributed by atoms with E-state index < -0.39 is 0 Å². The van der Waals surface area contributed by atoms with Crippen LogP contribution in [0.3, 0.4) is 0 Å². The molecule has 0 N–H and O–H groups in total. The summed E-state index contributed by atoms with van der Waals surface area (Å²) in [5, 5.41) is 0. The zero-order valence-corrected chi connectivity index (χ0v) is 7.13. The number of ketones is 1. The lowest BCUT2D eigenvalue weighted by Gasteiger charge is -2.24. The molecule has 4 atom stereocenters. The highest BCUT2D eigenvalue weighted by molar-refractivity contribution is 5.93. The van der Waals surface area contributed by atoms with Crippen LogP contribution in [0.2, 0.25) is 0 Å². The SMILES string of the molecule is CC1(C)C(=O)C2C3CC[C@H]1[C@@H]32. The van der Waals surface area contributed by atoms with Crippen molar-refractivity contribution < 1.29 is 4.79 Å². The molecule has 0 aromatic rings. The molecule has 0 aliphatic heterocycles. The maximum atomic E-state index is 11.7. The highest BCUT2D eigenvalue weighted by Gasteiger charge is 2.72. The number of carbonyl (C=O) groups excluding carboxylic acids is 1. The van der Waals surface area contributed by atoms with Gasteiger partial charge in [-0.1, -0.05) is 13.8 Å². The van der Waals surface area contributed by atoms with Gasteiger partial charge in [0.2, 0.25) is 0 Å². The lowest BCUT2D eigenvalue weighted by molar-refractivity contribution is -0.127. The Hall–Kier alpha value is -0.330. The van der Waals surface area contributed by atoms with E-state index in [9.17, 15) is 4.79 Å². The summed E-state index contributed by atoms with van der Waals surface area (Å²) < 4.78 is 0. The van der Waals surface area contributed by atoms with E-state index in [2.05, 4.69) is 13.8 Å². The summed E-state index contributed by atoms with van der Waals surface area (Å²) in [7, 11) is 0. The Bertz CT molecular complexity index is 241. The first-order valence-electron chi connectivity index (χ1n) is 4.68. The lowest BCUT2D eigenvalue weighted by atomic mass is 9.78. The first kappa shape index (κ1) is 6.22. The Morgan fingerprint density at radius 2 is 2.09 bits per heavy atom. The van der Waals surface area contributed by atoms with E-state index in [0.29, 0.717) is 11.7 Å². The Labute approximate surface area is 67.2 Å². The molecule has 3 aliphatic carbocycles. The van der Waals surface area contributed by atoms with Gasteiger partial charge >= 0.3 is 0 Å². The van der Waals surface area contributed by atoms with Gasteiger partial charge in [-0.2, -0.15) is 0 Å². The fourth-order valence-corrected chi connectivity index (χ4v) is 3.71. The summed E-state index contributed by atoms with van der Waals surface area (Å²) in [5.74, 6) is 3.52. The van der Waals surface area contributed by atoms with E-state index in [0.717, 1.165) is 17.8 Å². The Morgan fingerprint density at radius 3 is 2.64 bits per heavy atom. The van der Waals surface area contributed by atoms with E-state index in [1.54, 1.807) is 0 Å². The van der Waals surface area contributed by atoms with Crippen LogP contribution < -0.4 is 0 Å². The molecule has 60 valence electrons. The third kappa shape index (κ3) is 0.473. The summed E-state index contributed by atoms with van der Waals surface area (Å²) in [5.41, 5.74) is 0.0440. The van der Waals surface area contributed by atoms with Crippen molar-refractivity contribution in [2.75, 3.05) is 0 Å². The van der Waals surface area contributed by atoms with Gasteiger partial charge in [-0.25, -0.2) is 0 Å². The summed E-state index contributed by atoms with van der Waals surface area (Å²) in [4.78, 5) is 11.7. The normalized spacial score (nSPS) is 56.4. The average molecular weight is 150 g/mol.